The monoisotopic (exact) mass is 375 g/mol. The number of fused-ring (bicyclic) bond motifs is 1. The van der Waals surface area contributed by atoms with Crippen LogP contribution in [-0.4, -0.2) is 28.7 Å². The number of carboxylic acids is 1. The number of carbonyl (C=O) groups excluding carboxylic acids is 1. The number of nitrogens with one attached hydrogen (secondary N) is 1. The summed E-state index contributed by atoms with van der Waals surface area (Å²) in [5.41, 5.74) is 1.63. The van der Waals surface area contributed by atoms with Crippen LogP contribution >= 0.6 is 0 Å². The summed E-state index contributed by atoms with van der Waals surface area (Å²) in [4.78, 5) is 23.7. The number of hydrogen-bond acceptors (Lipinski definition) is 4. The Labute approximate surface area is 161 Å². The van der Waals surface area contributed by atoms with E-state index in [0.717, 1.165) is 5.39 Å². The van der Waals surface area contributed by atoms with Crippen molar-refractivity contribution in [2.24, 2.45) is 0 Å². The van der Waals surface area contributed by atoms with E-state index in [1.54, 1.807) is 47.2 Å². The Hall–Kier alpha value is -4.05. The molecule has 140 valence electrons. The predicted molar refractivity (Wildman–Crippen MR) is 105 cm³/mol. The van der Waals surface area contributed by atoms with Gasteiger partial charge in [0.25, 0.3) is 5.91 Å². The van der Waals surface area contributed by atoms with Crippen LogP contribution in [0.1, 0.15) is 5.56 Å². The summed E-state index contributed by atoms with van der Waals surface area (Å²) in [6.45, 7) is -0.219. The van der Waals surface area contributed by atoms with Crippen molar-refractivity contribution in [3.05, 3.63) is 65.9 Å². The number of carbonyl (C=O) groups is 2. The quantitative estimate of drug-likeness (QED) is 0.508. The van der Waals surface area contributed by atoms with Crippen molar-refractivity contribution >= 4 is 34.5 Å². The third-order valence-corrected chi connectivity index (χ3v) is 4.15. The molecule has 3 aromatic rings. The molecule has 0 radical (unpaired) electrons. The first kappa shape index (κ1) is 18.7. The van der Waals surface area contributed by atoms with Gasteiger partial charge in [-0.05, 0) is 24.3 Å². The Morgan fingerprint density at radius 2 is 1.93 bits per heavy atom. The number of para-hydroxylation sites is 3. The smallest absolute Gasteiger partial charge is 0.323 e. The van der Waals surface area contributed by atoms with Gasteiger partial charge in [0.15, 0.2) is 0 Å². The number of methoxy groups -OCH3 is 1. The molecule has 7 nitrogen and oxygen atoms in total. The van der Waals surface area contributed by atoms with Gasteiger partial charge in [-0.15, -0.1) is 0 Å². The molecule has 0 saturated heterocycles. The van der Waals surface area contributed by atoms with Gasteiger partial charge in [0.2, 0.25) is 0 Å². The zero-order valence-electron chi connectivity index (χ0n) is 15.0. The van der Waals surface area contributed by atoms with Crippen molar-refractivity contribution < 1.29 is 19.4 Å². The molecule has 2 aromatic carbocycles. The normalized spacial score (nSPS) is 11.1. The van der Waals surface area contributed by atoms with Gasteiger partial charge in [-0.2, -0.15) is 5.26 Å². The molecule has 0 aliphatic rings. The summed E-state index contributed by atoms with van der Waals surface area (Å²) in [6, 6.07) is 16.0. The second kappa shape index (κ2) is 8.10. The molecule has 0 spiro atoms. The number of carboxylic acid groups (broad SMARTS) is 1. The summed E-state index contributed by atoms with van der Waals surface area (Å²) in [6.07, 6.45) is 3.07. The molecule has 0 aliphatic carbocycles. The fraction of sp³-hybridized carbons (Fsp3) is 0.0952. The molecule has 1 aromatic heterocycles. The zero-order chi connectivity index (χ0) is 20.1. The van der Waals surface area contributed by atoms with E-state index in [9.17, 15) is 14.9 Å². The van der Waals surface area contributed by atoms with Crippen LogP contribution in [0.3, 0.4) is 0 Å². The van der Waals surface area contributed by atoms with Gasteiger partial charge in [0.1, 0.15) is 23.9 Å². The Bertz CT molecular complexity index is 1120. The van der Waals surface area contributed by atoms with Crippen LogP contribution in [0.5, 0.6) is 5.75 Å². The maximum absolute atomic E-state index is 12.6. The predicted octanol–water partition coefficient (Wildman–Crippen LogP) is 3.28. The number of anilines is 1. The minimum Gasteiger partial charge on any atom is -0.495 e. The summed E-state index contributed by atoms with van der Waals surface area (Å²) >= 11 is 0. The Morgan fingerprint density at radius 1 is 1.21 bits per heavy atom. The molecule has 0 unspecified atom stereocenters. The van der Waals surface area contributed by atoms with Crippen molar-refractivity contribution in [2.45, 2.75) is 6.54 Å². The standard InChI is InChI=1S/C21H17N3O4/c1-28-19-9-5-3-7-17(19)23-21(27)14(11-22)10-15-12-24(13-20(25)26)18-8-4-2-6-16(15)18/h2-10,12H,13H2,1H3,(H,23,27)(H,25,26). The fourth-order valence-electron chi connectivity index (χ4n) is 2.91. The first-order chi connectivity index (χ1) is 13.5. The highest BCUT2D eigenvalue weighted by molar-refractivity contribution is 6.11. The number of benzene rings is 2. The van der Waals surface area contributed by atoms with E-state index in [1.165, 1.54) is 13.2 Å². The number of aliphatic carboxylic acids is 1. The summed E-state index contributed by atoms with van der Waals surface area (Å²) in [7, 11) is 1.49. The summed E-state index contributed by atoms with van der Waals surface area (Å²) < 4.78 is 6.77. The van der Waals surface area contributed by atoms with E-state index in [0.29, 0.717) is 22.5 Å². The van der Waals surface area contributed by atoms with Gasteiger partial charge >= 0.3 is 5.97 Å². The lowest BCUT2D eigenvalue weighted by atomic mass is 10.1. The van der Waals surface area contributed by atoms with Gasteiger partial charge < -0.3 is 19.7 Å². The van der Waals surface area contributed by atoms with E-state index < -0.39 is 11.9 Å². The van der Waals surface area contributed by atoms with Gasteiger partial charge in [0.05, 0.1) is 12.8 Å². The third-order valence-electron chi connectivity index (χ3n) is 4.15. The number of rotatable bonds is 6. The first-order valence-corrected chi connectivity index (χ1v) is 8.39. The first-order valence-electron chi connectivity index (χ1n) is 8.39. The number of nitriles is 1. The Morgan fingerprint density at radius 3 is 2.64 bits per heavy atom. The molecule has 0 fully saturated rings. The Kier molecular flexibility index (Phi) is 5.42. The van der Waals surface area contributed by atoms with Crippen LogP contribution in [0.2, 0.25) is 0 Å². The zero-order valence-corrected chi connectivity index (χ0v) is 15.0. The largest absolute Gasteiger partial charge is 0.495 e. The van der Waals surface area contributed by atoms with Gasteiger partial charge in [-0.3, -0.25) is 9.59 Å². The topological polar surface area (TPSA) is 104 Å². The van der Waals surface area contributed by atoms with Crippen molar-refractivity contribution in [1.82, 2.24) is 4.57 Å². The average molecular weight is 375 g/mol. The van der Waals surface area contributed by atoms with E-state index in [-0.39, 0.29) is 12.1 Å². The molecule has 7 heteroatoms. The number of ether oxygens (including phenoxy) is 1. The highest BCUT2D eigenvalue weighted by atomic mass is 16.5. The fourth-order valence-corrected chi connectivity index (χ4v) is 2.91. The van der Waals surface area contributed by atoms with Crippen LogP contribution in [0.25, 0.3) is 17.0 Å². The molecule has 0 atom stereocenters. The Balaban J connectivity index is 1.98. The van der Waals surface area contributed by atoms with Crippen molar-refractivity contribution in [2.75, 3.05) is 12.4 Å². The number of hydrogen-bond donors (Lipinski definition) is 2. The molecule has 3 rings (SSSR count). The third kappa shape index (κ3) is 3.86. The maximum atomic E-state index is 12.6. The van der Waals surface area contributed by atoms with Crippen LogP contribution in [-0.2, 0) is 16.1 Å². The molecule has 0 aliphatic heterocycles. The minimum absolute atomic E-state index is 0.107. The highest BCUT2D eigenvalue weighted by Crippen LogP contribution is 2.26. The molecule has 1 amide bonds. The van der Waals surface area contributed by atoms with Gasteiger partial charge in [-0.1, -0.05) is 30.3 Å². The number of nitrogens with zero attached hydrogens (tertiary/aromatic N) is 2. The second-order valence-electron chi connectivity index (χ2n) is 5.95. The number of aromatic nitrogens is 1. The van der Waals surface area contributed by atoms with Crippen molar-refractivity contribution in [1.29, 1.82) is 5.26 Å². The summed E-state index contributed by atoms with van der Waals surface area (Å²) in [5, 5.41) is 22.0. The van der Waals surface area contributed by atoms with E-state index >= 15 is 0 Å². The summed E-state index contributed by atoms with van der Waals surface area (Å²) in [5.74, 6) is -1.08. The molecule has 0 saturated carbocycles. The highest BCUT2D eigenvalue weighted by Gasteiger charge is 2.15. The van der Waals surface area contributed by atoms with Crippen LogP contribution in [0, 0.1) is 11.3 Å². The molecular weight excluding hydrogens is 358 g/mol. The molecule has 28 heavy (non-hydrogen) atoms. The molecule has 0 bridgehead atoms. The molecule has 2 N–H and O–H groups in total. The molecule has 1 heterocycles. The SMILES string of the molecule is COc1ccccc1NC(=O)C(C#N)=Cc1cn(CC(=O)O)c2ccccc12. The van der Waals surface area contributed by atoms with Crippen molar-refractivity contribution in [3.8, 4) is 11.8 Å². The number of amides is 1. The average Bonchev–Trinajstić information content (AvgIpc) is 3.03. The minimum atomic E-state index is -0.981. The van der Waals surface area contributed by atoms with E-state index in [4.69, 9.17) is 9.84 Å². The van der Waals surface area contributed by atoms with Crippen molar-refractivity contribution in [3.63, 3.8) is 0 Å². The van der Waals surface area contributed by atoms with E-state index in [1.807, 2.05) is 18.2 Å². The van der Waals surface area contributed by atoms with Crippen LogP contribution in [0.4, 0.5) is 5.69 Å². The van der Waals surface area contributed by atoms with E-state index in [2.05, 4.69) is 5.32 Å². The van der Waals surface area contributed by atoms with Gasteiger partial charge in [0, 0.05) is 22.7 Å². The lowest BCUT2D eigenvalue weighted by Crippen LogP contribution is -2.14. The lowest BCUT2D eigenvalue weighted by Gasteiger charge is -2.09. The lowest BCUT2D eigenvalue weighted by molar-refractivity contribution is -0.137. The maximum Gasteiger partial charge on any atom is 0.323 e. The van der Waals surface area contributed by atoms with Crippen LogP contribution < -0.4 is 10.1 Å². The van der Waals surface area contributed by atoms with Crippen LogP contribution in [0.15, 0.2) is 60.3 Å². The van der Waals surface area contributed by atoms with Gasteiger partial charge in [-0.25, -0.2) is 0 Å². The second-order valence-corrected chi connectivity index (χ2v) is 5.95. The molecular formula is C21H17N3O4.